The third-order valence-electron chi connectivity index (χ3n) is 4.44. The van der Waals surface area contributed by atoms with E-state index in [9.17, 15) is 4.79 Å². The van der Waals surface area contributed by atoms with E-state index >= 15 is 0 Å². The van der Waals surface area contributed by atoms with Gasteiger partial charge < -0.3 is 25.1 Å². The molecule has 0 saturated carbocycles. The Kier molecular flexibility index (Phi) is 6.68. The van der Waals surface area contributed by atoms with E-state index in [1.807, 2.05) is 50.5 Å². The normalized spacial score (nSPS) is 11.2. The number of ether oxygens (including phenoxy) is 2. The SMILES string of the molecule is CNCCCOc1ccc2c(c1)[nH]c(=O)c1cc(OCCCNC)ccc12. The summed E-state index contributed by atoms with van der Waals surface area (Å²) >= 11 is 0. The zero-order valence-corrected chi connectivity index (χ0v) is 15.9. The van der Waals surface area contributed by atoms with Gasteiger partial charge in [-0.05, 0) is 75.7 Å². The minimum atomic E-state index is -0.120. The molecule has 0 spiro atoms. The third-order valence-corrected chi connectivity index (χ3v) is 4.44. The Balaban J connectivity index is 1.84. The van der Waals surface area contributed by atoms with Crippen LogP contribution in [0.1, 0.15) is 12.8 Å². The molecule has 3 rings (SSSR count). The van der Waals surface area contributed by atoms with Gasteiger partial charge in [0.15, 0.2) is 0 Å². The van der Waals surface area contributed by atoms with E-state index in [2.05, 4.69) is 15.6 Å². The molecule has 6 heteroatoms. The van der Waals surface area contributed by atoms with Gasteiger partial charge in [-0.2, -0.15) is 0 Å². The van der Waals surface area contributed by atoms with E-state index in [0.29, 0.717) is 24.3 Å². The van der Waals surface area contributed by atoms with E-state index in [1.54, 1.807) is 0 Å². The predicted octanol–water partition coefficient (Wildman–Crippen LogP) is 2.66. The van der Waals surface area contributed by atoms with Gasteiger partial charge in [0.25, 0.3) is 5.56 Å². The molecule has 3 aromatic rings. The molecule has 1 aromatic heterocycles. The first-order valence-corrected chi connectivity index (χ1v) is 9.37. The van der Waals surface area contributed by atoms with Crippen molar-refractivity contribution < 1.29 is 9.47 Å². The molecule has 0 fully saturated rings. The molecule has 27 heavy (non-hydrogen) atoms. The Morgan fingerprint density at radius 1 is 0.815 bits per heavy atom. The lowest BCUT2D eigenvalue weighted by atomic mass is 10.1. The molecule has 144 valence electrons. The Morgan fingerprint density at radius 2 is 1.41 bits per heavy atom. The predicted molar refractivity (Wildman–Crippen MR) is 110 cm³/mol. The maximum Gasteiger partial charge on any atom is 0.256 e. The van der Waals surface area contributed by atoms with Crippen LogP contribution in [0.5, 0.6) is 11.5 Å². The van der Waals surface area contributed by atoms with Gasteiger partial charge in [0, 0.05) is 11.5 Å². The Bertz CT molecular complexity index is 952. The zero-order chi connectivity index (χ0) is 19.1. The summed E-state index contributed by atoms with van der Waals surface area (Å²) in [6.45, 7) is 3.07. The van der Waals surface area contributed by atoms with Crippen LogP contribution in [-0.4, -0.2) is 45.4 Å². The molecular formula is C21H27N3O3. The van der Waals surface area contributed by atoms with Crippen molar-refractivity contribution in [2.75, 3.05) is 40.4 Å². The molecule has 0 aliphatic rings. The fourth-order valence-electron chi connectivity index (χ4n) is 3.05. The Hall–Kier alpha value is -2.57. The van der Waals surface area contributed by atoms with Crippen molar-refractivity contribution in [3.05, 3.63) is 46.8 Å². The van der Waals surface area contributed by atoms with Gasteiger partial charge in [-0.1, -0.05) is 0 Å². The van der Waals surface area contributed by atoms with E-state index < -0.39 is 0 Å². The topological polar surface area (TPSA) is 75.4 Å². The Labute approximate surface area is 158 Å². The minimum Gasteiger partial charge on any atom is -0.494 e. The van der Waals surface area contributed by atoms with Crippen molar-refractivity contribution in [2.24, 2.45) is 0 Å². The fraction of sp³-hybridized carbons (Fsp3) is 0.381. The maximum absolute atomic E-state index is 12.6. The molecule has 3 N–H and O–H groups in total. The van der Waals surface area contributed by atoms with Crippen LogP contribution in [0.25, 0.3) is 21.7 Å². The third kappa shape index (κ3) is 4.78. The van der Waals surface area contributed by atoms with Crippen LogP contribution < -0.4 is 25.7 Å². The summed E-state index contributed by atoms with van der Waals surface area (Å²) in [5.74, 6) is 1.48. The minimum absolute atomic E-state index is 0.120. The summed E-state index contributed by atoms with van der Waals surface area (Å²) in [4.78, 5) is 15.5. The highest BCUT2D eigenvalue weighted by molar-refractivity contribution is 6.05. The molecule has 0 bridgehead atoms. The lowest BCUT2D eigenvalue weighted by Crippen LogP contribution is -2.12. The van der Waals surface area contributed by atoms with Crippen molar-refractivity contribution in [1.82, 2.24) is 15.6 Å². The van der Waals surface area contributed by atoms with Gasteiger partial charge in [-0.3, -0.25) is 4.79 Å². The molecule has 1 heterocycles. The van der Waals surface area contributed by atoms with Gasteiger partial charge in [0.05, 0.1) is 24.1 Å². The van der Waals surface area contributed by atoms with E-state index in [4.69, 9.17) is 9.47 Å². The summed E-state index contributed by atoms with van der Waals surface area (Å²) in [7, 11) is 3.84. The average Bonchev–Trinajstić information content (AvgIpc) is 2.69. The maximum atomic E-state index is 12.6. The van der Waals surface area contributed by atoms with Crippen LogP contribution in [0.15, 0.2) is 41.2 Å². The van der Waals surface area contributed by atoms with Crippen LogP contribution in [0, 0.1) is 0 Å². The molecule has 0 radical (unpaired) electrons. The second-order valence-corrected chi connectivity index (χ2v) is 6.48. The van der Waals surface area contributed by atoms with Gasteiger partial charge in [-0.15, -0.1) is 0 Å². The number of aromatic nitrogens is 1. The monoisotopic (exact) mass is 369 g/mol. The van der Waals surface area contributed by atoms with Gasteiger partial charge in [-0.25, -0.2) is 0 Å². The lowest BCUT2D eigenvalue weighted by molar-refractivity contribution is 0.310. The molecule has 2 aromatic carbocycles. The van der Waals surface area contributed by atoms with Crippen molar-refractivity contribution >= 4 is 21.7 Å². The molecule has 0 aliphatic carbocycles. The van der Waals surface area contributed by atoms with E-state index in [-0.39, 0.29) is 5.56 Å². The number of fused-ring (bicyclic) bond motifs is 3. The highest BCUT2D eigenvalue weighted by atomic mass is 16.5. The van der Waals surface area contributed by atoms with E-state index in [0.717, 1.165) is 48.0 Å². The van der Waals surface area contributed by atoms with Gasteiger partial charge >= 0.3 is 0 Å². The molecule has 0 saturated heterocycles. The average molecular weight is 369 g/mol. The van der Waals surface area contributed by atoms with Crippen LogP contribution in [-0.2, 0) is 0 Å². The first kappa shape index (κ1) is 19.2. The van der Waals surface area contributed by atoms with Crippen LogP contribution >= 0.6 is 0 Å². The number of benzene rings is 2. The molecule has 0 unspecified atom stereocenters. The molecule has 0 aliphatic heterocycles. The van der Waals surface area contributed by atoms with Crippen LogP contribution in [0.3, 0.4) is 0 Å². The number of H-pyrrole nitrogens is 1. The summed E-state index contributed by atoms with van der Waals surface area (Å²) in [6.07, 6.45) is 1.85. The van der Waals surface area contributed by atoms with Crippen molar-refractivity contribution in [3.63, 3.8) is 0 Å². The second-order valence-electron chi connectivity index (χ2n) is 6.48. The van der Waals surface area contributed by atoms with Crippen molar-refractivity contribution in [2.45, 2.75) is 12.8 Å². The summed E-state index contributed by atoms with van der Waals surface area (Å²) in [5.41, 5.74) is 0.659. The Morgan fingerprint density at radius 3 is 2.04 bits per heavy atom. The quantitative estimate of drug-likeness (QED) is 0.378. The smallest absolute Gasteiger partial charge is 0.256 e. The largest absolute Gasteiger partial charge is 0.494 e. The number of aromatic amines is 1. The summed E-state index contributed by atoms with van der Waals surface area (Å²) in [5, 5.41) is 8.73. The van der Waals surface area contributed by atoms with E-state index in [1.165, 1.54) is 0 Å². The first-order valence-electron chi connectivity index (χ1n) is 9.37. The number of pyridine rings is 1. The van der Waals surface area contributed by atoms with Gasteiger partial charge in [0.2, 0.25) is 0 Å². The lowest BCUT2D eigenvalue weighted by Gasteiger charge is -2.10. The first-order chi connectivity index (χ1) is 13.2. The van der Waals surface area contributed by atoms with Crippen molar-refractivity contribution in [1.29, 1.82) is 0 Å². The van der Waals surface area contributed by atoms with Gasteiger partial charge in [0.1, 0.15) is 11.5 Å². The number of hydrogen-bond donors (Lipinski definition) is 3. The molecule has 0 atom stereocenters. The second kappa shape index (κ2) is 9.39. The molecular weight excluding hydrogens is 342 g/mol. The highest BCUT2D eigenvalue weighted by Gasteiger charge is 2.08. The van der Waals surface area contributed by atoms with Crippen molar-refractivity contribution in [3.8, 4) is 11.5 Å². The highest BCUT2D eigenvalue weighted by Crippen LogP contribution is 2.27. The van der Waals surface area contributed by atoms with Crippen LogP contribution in [0.2, 0.25) is 0 Å². The summed E-state index contributed by atoms with van der Waals surface area (Å²) < 4.78 is 11.5. The number of hydrogen-bond acceptors (Lipinski definition) is 5. The molecule has 0 amide bonds. The fourth-order valence-corrected chi connectivity index (χ4v) is 3.05. The van der Waals surface area contributed by atoms with Crippen LogP contribution in [0.4, 0.5) is 0 Å². The summed E-state index contributed by atoms with van der Waals surface area (Å²) in [6, 6.07) is 11.5. The number of nitrogens with one attached hydrogen (secondary N) is 3. The number of rotatable bonds is 10. The zero-order valence-electron chi connectivity index (χ0n) is 15.9. The molecule has 6 nitrogen and oxygen atoms in total. The standard InChI is InChI=1S/C21H27N3O3/c1-22-9-3-11-26-15-5-7-17-18-8-6-16(27-12-4-10-23-2)14-20(18)24-21(25)19(17)13-15/h5-8,13-14,22-23H,3-4,9-12H2,1-2H3,(H,24,25).